The van der Waals surface area contributed by atoms with E-state index in [-0.39, 0.29) is 12.0 Å². The molecule has 0 bridgehead atoms. The van der Waals surface area contributed by atoms with Crippen molar-refractivity contribution in [2.75, 3.05) is 6.61 Å². The largest absolute Gasteiger partial charge is 0.465 e. The average Bonchev–Trinajstić information content (AvgIpc) is 2.74. The Labute approximate surface area is 102 Å². The first-order chi connectivity index (χ1) is 8.19. The van der Waals surface area contributed by atoms with Crippen molar-refractivity contribution in [1.82, 2.24) is 15.1 Å². The van der Waals surface area contributed by atoms with Crippen molar-refractivity contribution in [3.8, 4) is 0 Å². The summed E-state index contributed by atoms with van der Waals surface area (Å²) >= 11 is 0. The van der Waals surface area contributed by atoms with Crippen LogP contribution in [0.25, 0.3) is 0 Å². The third-order valence-electron chi connectivity index (χ3n) is 2.47. The van der Waals surface area contributed by atoms with Crippen molar-refractivity contribution in [3.63, 3.8) is 0 Å². The molecule has 1 rings (SSSR count). The summed E-state index contributed by atoms with van der Waals surface area (Å²) in [6, 6.07) is 1.67. The monoisotopic (exact) mass is 239 g/mol. The molecule has 0 aliphatic carbocycles. The number of hydrogen-bond acceptors (Lipinski definition) is 4. The molecule has 0 saturated carbocycles. The normalized spacial score (nSPS) is 12.4. The van der Waals surface area contributed by atoms with Crippen molar-refractivity contribution >= 4 is 5.97 Å². The SMILES string of the molecule is CCCn1nccc1CNC(C)C(=O)OCC. The fourth-order valence-electron chi connectivity index (χ4n) is 1.53. The number of nitrogens with zero attached hydrogens (tertiary/aromatic N) is 2. The van der Waals surface area contributed by atoms with Crippen LogP contribution in [0.5, 0.6) is 0 Å². The summed E-state index contributed by atoms with van der Waals surface area (Å²) in [5, 5.41) is 7.36. The zero-order valence-electron chi connectivity index (χ0n) is 10.8. The molecule has 1 heterocycles. The van der Waals surface area contributed by atoms with Gasteiger partial charge in [0.25, 0.3) is 0 Å². The van der Waals surface area contributed by atoms with Gasteiger partial charge in [-0.05, 0) is 26.3 Å². The lowest BCUT2D eigenvalue weighted by atomic mass is 10.3. The molecule has 1 atom stereocenters. The van der Waals surface area contributed by atoms with Gasteiger partial charge in [-0.15, -0.1) is 0 Å². The van der Waals surface area contributed by atoms with E-state index in [4.69, 9.17) is 4.74 Å². The van der Waals surface area contributed by atoms with Crippen LogP contribution in [0.3, 0.4) is 0 Å². The van der Waals surface area contributed by atoms with Crippen molar-refractivity contribution < 1.29 is 9.53 Å². The molecule has 0 spiro atoms. The van der Waals surface area contributed by atoms with Gasteiger partial charge in [-0.3, -0.25) is 14.8 Å². The summed E-state index contributed by atoms with van der Waals surface area (Å²) < 4.78 is 6.88. The molecule has 1 unspecified atom stereocenters. The number of carbonyl (C=O) groups is 1. The zero-order valence-corrected chi connectivity index (χ0v) is 10.8. The predicted octanol–water partition coefficient (Wildman–Crippen LogP) is 1.33. The molecular formula is C12H21N3O2. The summed E-state index contributed by atoms with van der Waals surface area (Å²) in [4.78, 5) is 11.4. The van der Waals surface area contributed by atoms with Crippen LogP contribution in [0.1, 0.15) is 32.9 Å². The van der Waals surface area contributed by atoms with E-state index in [2.05, 4.69) is 17.3 Å². The number of rotatable bonds is 7. The van der Waals surface area contributed by atoms with Crippen molar-refractivity contribution in [3.05, 3.63) is 18.0 Å². The maximum Gasteiger partial charge on any atom is 0.322 e. The minimum atomic E-state index is -0.292. The smallest absolute Gasteiger partial charge is 0.322 e. The fourth-order valence-corrected chi connectivity index (χ4v) is 1.53. The Kier molecular flexibility index (Phi) is 5.69. The third kappa shape index (κ3) is 4.19. The topological polar surface area (TPSA) is 56.2 Å². The lowest BCUT2D eigenvalue weighted by Gasteiger charge is -2.13. The first-order valence-corrected chi connectivity index (χ1v) is 6.09. The fraction of sp³-hybridized carbons (Fsp3) is 0.667. The highest BCUT2D eigenvalue weighted by Crippen LogP contribution is 2.01. The summed E-state index contributed by atoms with van der Waals surface area (Å²) in [6.07, 6.45) is 2.82. The molecule has 0 fully saturated rings. The summed E-state index contributed by atoms with van der Waals surface area (Å²) in [5.74, 6) is -0.214. The molecule has 1 aromatic rings. The molecule has 1 N–H and O–H groups in total. The van der Waals surface area contributed by atoms with Crippen LogP contribution in [-0.2, 0) is 22.6 Å². The molecular weight excluding hydrogens is 218 g/mol. The lowest BCUT2D eigenvalue weighted by molar-refractivity contribution is -0.145. The van der Waals surface area contributed by atoms with Crippen molar-refractivity contribution in [2.45, 2.75) is 46.3 Å². The second-order valence-corrected chi connectivity index (χ2v) is 3.90. The van der Waals surface area contributed by atoms with E-state index < -0.39 is 0 Å². The minimum absolute atomic E-state index is 0.214. The highest BCUT2D eigenvalue weighted by atomic mass is 16.5. The summed E-state index contributed by atoms with van der Waals surface area (Å²) in [7, 11) is 0. The van der Waals surface area contributed by atoms with Gasteiger partial charge in [-0.2, -0.15) is 5.10 Å². The molecule has 5 heteroatoms. The molecule has 0 amide bonds. The van der Waals surface area contributed by atoms with Crippen LogP contribution in [0.2, 0.25) is 0 Å². The van der Waals surface area contributed by atoms with Gasteiger partial charge in [0.2, 0.25) is 0 Å². The minimum Gasteiger partial charge on any atom is -0.465 e. The molecule has 0 radical (unpaired) electrons. The van der Waals surface area contributed by atoms with Crippen LogP contribution in [0.15, 0.2) is 12.3 Å². The predicted molar refractivity (Wildman–Crippen MR) is 65.5 cm³/mol. The van der Waals surface area contributed by atoms with E-state index in [1.54, 1.807) is 20.0 Å². The van der Waals surface area contributed by atoms with E-state index in [0.717, 1.165) is 18.7 Å². The van der Waals surface area contributed by atoms with Crippen molar-refractivity contribution in [2.24, 2.45) is 0 Å². The Morgan fingerprint density at radius 2 is 2.35 bits per heavy atom. The highest BCUT2D eigenvalue weighted by Gasteiger charge is 2.13. The molecule has 1 aromatic heterocycles. The Bertz CT molecular complexity index is 349. The number of nitrogens with one attached hydrogen (secondary N) is 1. The standard InChI is InChI=1S/C12H21N3O2/c1-4-8-15-11(6-7-14-15)9-13-10(3)12(16)17-5-2/h6-7,10,13H,4-5,8-9H2,1-3H3. The van der Waals surface area contributed by atoms with Gasteiger partial charge < -0.3 is 4.74 Å². The van der Waals surface area contributed by atoms with Crippen LogP contribution >= 0.6 is 0 Å². The van der Waals surface area contributed by atoms with Crippen LogP contribution in [0, 0.1) is 0 Å². The molecule has 0 aromatic carbocycles. The second-order valence-electron chi connectivity index (χ2n) is 3.90. The highest BCUT2D eigenvalue weighted by molar-refractivity contribution is 5.75. The Morgan fingerprint density at radius 1 is 1.59 bits per heavy atom. The van der Waals surface area contributed by atoms with Gasteiger partial charge in [0.15, 0.2) is 0 Å². The quantitative estimate of drug-likeness (QED) is 0.729. The maximum atomic E-state index is 11.4. The molecule has 0 saturated heterocycles. The molecule has 96 valence electrons. The van der Waals surface area contributed by atoms with E-state index in [9.17, 15) is 4.79 Å². The van der Waals surface area contributed by atoms with Gasteiger partial charge in [0, 0.05) is 19.3 Å². The first kappa shape index (κ1) is 13.7. The zero-order chi connectivity index (χ0) is 12.7. The van der Waals surface area contributed by atoms with E-state index in [1.807, 2.05) is 10.7 Å². The van der Waals surface area contributed by atoms with E-state index >= 15 is 0 Å². The Balaban J connectivity index is 2.44. The number of aryl methyl sites for hydroxylation is 1. The number of carbonyl (C=O) groups excluding carboxylic acids is 1. The number of aromatic nitrogens is 2. The van der Waals surface area contributed by atoms with Crippen molar-refractivity contribution in [1.29, 1.82) is 0 Å². The average molecular weight is 239 g/mol. The molecule has 17 heavy (non-hydrogen) atoms. The molecule has 0 aliphatic rings. The second kappa shape index (κ2) is 7.06. The first-order valence-electron chi connectivity index (χ1n) is 6.09. The molecule has 5 nitrogen and oxygen atoms in total. The van der Waals surface area contributed by atoms with Gasteiger partial charge in [-0.1, -0.05) is 6.92 Å². The van der Waals surface area contributed by atoms with Gasteiger partial charge in [0.05, 0.1) is 12.3 Å². The van der Waals surface area contributed by atoms with Crippen LogP contribution in [0.4, 0.5) is 0 Å². The maximum absolute atomic E-state index is 11.4. The lowest BCUT2D eigenvalue weighted by Crippen LogP contribution is -2.35. The van der Waals surface area contributed by atoms with E-state index in [1.165, 1.54) is 0 Å². The van der Waals surface area contributed by atoms with Crippen LogP contribution in [-0.4, -0.2) is 28.4 Å². The number of hydrogen-bond donors (Lipinski definition) is 1. The summed E-state index contributed by atoms with van der Waals surface area (Å²) in [5.41, 5.74) is 1.09. The number of esters is 1. The third-order valence-corrected chi connectivity index (χ3v) is 2.47. The van der Waals surface area contributed by atoms with Gasteiger partial charge in [0.1, 0.15) is 6.04 Å². The van der Waals surface area contributed by atoms with Gasteiger partial charge >= 0.3 is 5.97 Å². The molecule has 0 aliphatic heterocycles. The number of ether oxygens (including phenoxy) is 1. The van der Waals surface area contributed by atoms with E-state index in [0.29, 0.717) is 13.2 Å². The summed E-state index contributed by atoms with van der Waals surface area (Å²) in [6.45, 7) is 7.66. The Morgan fingerprint density at radius 3 is 3.00 bits per heavy atom. The van der Waals surface area contributed by atoms with Gasteiger partial charge in [-0.25, -0.2) is 0 Å². The van der Waals surface area contributed by atoms with Crippen LogP contribution < -0.4 is 5.32 Å². The Hall–Kier alpha value is -1.36.